The van der Waals surface area contributed by atoms with Gasteiger partial charge in [-0.25, -0.2) is 0 Å². The van der Waals surface area contributed by atoms with E-state index in [0.717, 1.165) is 26.1 Å². The summed E-state index contributed by atoms with van der Waals surface area (Å²) in [5.74, 6) is 1.07. The van der Waals surface area contributed by atoms with Crippen molar-refractivity contribution < 1.29 is 4.79 Å². The number of hydrogen-bond acceptors (Lipinski definition) is 3. The standard InChI is InChI=1S/C15H29N3O/c1-11(2)13(17)14(19)18-8-7-15(10-18)5-3-12(9-16)4-6-15/h11-13H,3-10,16-17H2,1-2H3. The van der Waals surface area contributed by atoms with E-state index in [2.05, 4.69) is 0 Å². The van der Waals surface area contributed by atoms with Gasteiger partial charge in [0.15, 0.2) is 0 Å². The van der Waals surface area contributed by atoms with E-state index in [0.29, 0.717) is 11.3 Å². The Labute approximate surface area is 116 Å². The van der Waals surface area contributed by atoms with E-state index in [-0.39, 0.29) is 17.9 Å². The molecule has 19 heavy (non-hydrogen) atoms. The monoisotopic (exact) mass is 267 g/mol. The number of rotatable bonds is 3. The first kappa shape index (κ1) is 14.8. The van der Waals surface area contributed by atoms with Crippen LogP contribution in [0.1, 0.15) is 46.0 Å². The third-order valence-electron chi connectivity index (χ3n) is 5.25. The van der Waals surface area contributed by atoms with Gasteiger partial charge in [-0.05, 0) is 55.9 Å². The van der Waals surface area contributed by atoms with Gasteiger partial charge in [0.25, 0.3) is 0 Å². The van der Waals surface area contributed by atoms with Crippen molar-refractivity contribution in [2.24, 2.45) is 28.7 Å². The van der Waals surface area contributed by atoms with E-state index < -0.39 is 0 Å². The molecule has 0 radical (unpaired) electrons. The molecule has 2 aliphatic rings. The predicted molar refractivity (Wildman–Crippen MR) is 77.5 cm³/mol. The highest BCUT2D eigenvalue weighted by atomic mass is 16.2. The zero-order valence-electron chi connectivity index (χ0n) is 12.4. The van der Waals surface area contributed by atoms with Crippen molar-refractivity contribution in [1.29, 1.82) is 0 Å². The summed E-state index contributed by atoms with van der Waals surface area (Å²) in [5, 5.41) is 0. The SMILES string of the molecule is CC(C)C(N)C(=O)N1CCC2(CCC(CN)CC2)C1. The summed E-state index contributed by atoms with van der Waals surface area (Å²) < 4.78 is 0. The highest BCUT2D eigenvalue weighted by Crippen LogP contribution is 2.45. The molecule has 1 saturated carbocycles. The lowest BCUT2D eigenvalue weighted by atomic mass is 9.70. The lowest BCUT2D eigenvalue weighted by molar-refractivity contribution is -0.133. The van der Waals surface area contributed by atoms with Gasteiger partial charge in [-0.15, -0.1) is 0 Å². The Kier molecular flexibility index (Phi) is 4.51. The molecule has 2 fully saturated rings. The van der Waals surface area contributed by atoms with Gasteiger partial charge in [-0.3, -0.25) is 4.79 Å². The van der Waals surface area contributed by atoms with Crippen LogP contribution in [0.2, 0.25) is 0 Å². The van der Waals surface area contributed by atoms with Gasteiger partial charge < -0.3 is 16.4 Å². The molecule has 1 aliphatic heterocycles. The number of hydrogen-bond donors (Lipinski definition) is 2. The minimum Gasteiger partial charge on any atom is -0.341 e. The highest BCUT2D eigenvalue weighted by molar-refractivity contribution is 5.82. The van der Waals surface area contributed by atoms with Gasteiger partial charge in [-0.2, -0.15) is 0 Å². The van der Waals surface area contributed by atoms with E-state index in [1.54, 1.807) is 0 Å². The smallest absolute Gasteiger partial charge is 0.239 e. The molecule has 0 aromatic carbocycles. The number of nitrogens with two attached hydrogens (primary N) is 2. The summed E-state index contributed by atoms with van der Waals surface area (Å²) in [5.41, 5.74) is 12.1. The van der Waals surface area contributed by atoms with Crippen molar-refractivity contribution in [1.82, 2.24) is 4.90 Å². The molecule has 4 heteroatoms. The van der Waals surface area contributed by atoms with E-state index >= 15 is 0 Å². The van der Waals surface area contributed by atoms with E-state index in [1.165, 1.54) is 25.7 Å². The van der Waals surface area contributed by atoms with Crippen LogP contribution in [-0.2, 0) is 4.79 Å². The average Bonchev–Trinajstić information content (AvgIpc) is 2.82. The quantitative estimate of drug-likeness (QED) is 0.810. The fourth-order valence-electron chi connectivity index (χ4n) is 3.55. The van der Waals surface area contributed by atoms with Crippen molar-refractivity contribution in [3.05, 3.63) is 0 Å². The maximum Gasteiger partial charge on any atom is 0.239 e. The predicted octanol–water partition coefficient (Wildman–Crippen LogP) is 1.34. The first-order valence-electron chi connectivity index (χ1n) is 7.72. The summed E-state index contributed by atoms with van der Waals surface area (Å²) in [7, 11) is 0. The van der Waals surface area contributed by atoms with Crippen LogP contribution in [0.25, 0.3) is 0 Å². The van der Waals surface area contributed by atoms with Gasteiger partial charge in [0.2, 0.25) is 5.91 Å². The number of nitrogens with zero attached hydrogens (tertiary/aromatic N) is 1. The average molecular weight is 267 g/mol. The van der Waals surface area contributed by atoms with Crippen LogP contribution in [-0.4, -0.2) is 36.5 Å². The minimum absolute atomic E-state index is 0.146. The molecule has 4 nitrogen and oxygen atoms in total. The molecule has 110 valence electrons. The summed E-state index contributed by atoms with van der Waals surface area (Å²) in [4.78, 5) is 14.3. The Bertz CT molecular complexity index is 321. The Morgan fingerprint density at radius 2 is 1.95 bits per heavy atom. The molecule has 0 aromatic heterocycles. The largest absolute Gasteiger partial charge is 0.341 e. The number of amides is 1. The second-order valence-corrected chi connectivity index (χ2v) is 6.96. The lowest BCUT2D eigenvalue weighted by Gasteiger charge is -2.37. The van der Waals surface area contributed by atoms with Gasteiger partial charge in [0.05, 0.1) is 6.04 Å². The first-order valence-corrected chi connectivity index (χ1v) is 7.72. The lowest BCUT2D eigenvalue weighted by Crippen LogP contribution is -2.46. The van der Waals surface area contributed by atoms with Crippen molar-refractivity contribution in [3.8, 4) is 0 Å². The first-order chi connectivity index (χ1) is 8.97. The molecule has 1 aliphatic carbocycles. The zero-order chi connectivity index (χ0) is 14.0. The van der Waals surface area contributed by atoms with Gasteiger partial charge in [0, 0.05) is 13.1 Å². The molecule has 0 bridgehead atoms. The maximum absolute atomic E-state index is 12.3. The summed E-state index contributed by atoms with van der Waals surface area (Å²) >= 11 is 0. The van der Waals surface area contributed by atoms with E-state index in [4.69, 9.17) is 11.5 Å². The fourth-order valence-corrected chi connectivity index (χ4v) is 3.55. The van der Waals surface area contributed by atoms with Crippen LogP contribution in [0.4, 0.5) is 0 Å². The fraction of sp³-hybridized carbons (Fsp3) is 0.933. The van der Waals surface area contributed by atoms with Crippen LogP contribution < -0.4 is 11.5 Å². The summed E-state index contributed by atoms with van der Waals surface area (Å²) in [6, 6.07) is -0.337. The highest BCUT2D eigenvalue weighted by Gasteiger charge is 2.42. The Morgan fingerprint density at radius 1 is 1.32 bits per heavy atom. The zero-order valence-corrected chi connectivity index (χ0v) is 12.4. The molecular weight excluding hydrogens is 238 g/mol. The molecule has 1 heterocycles. The van der Waals surface area contributed by atoms with Crippen LogP contribution in [0, 0.1) is 17.3 Å². The van der Waals surface area contributed by atoms with Gasteiger partial charge >= 0.3 is 0 Å². The normalized spacial score (nSPS) is 33.1. The Morgan fingerprint density at radius 3 is 2.47 bits per heavy atom. The Hall–Kier alpha value is -0.610. The van der Waals surface area contributed by atoms with Crippen molar-refractivity contribution >= 4 is 5.91 Å². The molecule has 0 aromatic rings. The van der Waals surface area contributed by atoms with Crippen molar-refractivity contribution in [2.45, 2.75) is 52.0 Å². The topological polar surface area (TPSA) is 72.4 Å². The second kappa shape index (κ2) is 5.80. The molecular formula is C15H29N3O. The Balaban J connectivity index is 1.91. The van der Waals surface area contributed by atoms with Gasteiger partial charge in [-0.1, -0.05) is 13.8 Å². The third kappa shape index (κ3) is 3.11. The van der Waals surface area contributed by atoms with Crippen LogP contribution in [0.3, 0.4) is 0 Å². The molecule has 1 spiro atoms. The molecule has 2 rings (SSSR count). The number of likely N-dealkylation sites (tertiary alicyclic amines) is 1. The van der Waals surface area contributed by atoms with Crippen LogP contribution in [0.5, 0.6) is 0 Å². The molecule has 1 atom stereocenters. The van der Waals surface area contributed by atoms with Gasteiger partial charge in [0.1, 0.15) is 0 Å². The summed E-state index contributed by atoms with van der Waals surface area (Å²) in [6.45, 7) is 6.66. The summed E-state index contributed by atoms with van der Waals surface area (Å²) in [6.07, 6.45) is 6.08. The van der Waals surface area contributed by atoms with E-state index in [9.17, 15) is 4.79 Å². The van der Waals surface area contributed by atoms with Crippen molar-refractivity contribution in [3.63, 3.8) is 0 Å². The molecule has 1 amide bonds. The second-order valence-electron chi connectivity index (χ2n) is 6.96. The number of carbonyl (C=O) groups is 1. The molecule has 4 N–H and O–H groups in total. The number of carbonyl (C=O) groups excluding carboxylic acids is 1. The van der Waals surface area contributed by atoms with E-state index in [1.807, 2.05) is 18.7 Å². The molecule has 1 unspecified atom stereocenters. The van der Waals surface area contributed by atoms with Crippen molar-refractivity contribution in [2.75, 3.05) is 19.6 Å². The van der Waals surface area contributed by atoms with Crippen LogP contribution in [0.15, 0.2) is 0 Å². The maximum atomic E-state index is 12.3. The third-order valence-corrected chi connectivity index (χ3v) is 5.25. The minimum atomic E-state index is -0.337. The molecule has 1 saturated heterocycles. The van der Waals surface area contributed by atoms with Crippen LogP contribution >= 0.6 is 0 Å².